The van der Waals surface area contributed by atoms with Gasteiger partial charge >= 0.3 is 5.97 Å². The van der Waals surface area contributed by atoms with E-state index in [4.69, 9.17) is 0 Å². The molecule has 0 spiro atoms. The molecule has 0 radical (unpaired) electrons. The fourth-order valence-corrected chi connectivity index (χ4v) is 0.149. The van der Waals surface area contributed by atoms with Crippen LogP contribution in [0.4, 0.5) is 0 Å². The zero-order valence-corrected chi connectivity index (χ0v) is 5.22. The van der Waals surface area contributed by atoms with Gasteiger partial charge in [0.25, 0.3) is 0 Å². The molecule has 0 atom stereocenters. The van der Waals surface area contributed by atoms with E-state index in [1.54, 1.807) is 0 Å². The minimum Gasteiger partial charge on any atom is -0.295 e. The Hall–Kier alpha value is -1.25. The van der Waals surface area contributed by atoms with Gasteiger partial charge in [0.2, 0.25) is 0 Å². The fourth-order valence-electron chi connectivity index (χ4n) is 0.149. The Bertz CT molecular complexity index is 137. The Morgan fingerprint density at radius 1 is 1.67 bits per heavy atom. The standard InChI is InChI=1S/C6H8O3/c1-4-8-9-6(7)5(2)3/h4H,1-2H2,3H3. The predicted octanol–water partition coefficient (Wildman–Crippen LogP) is 1.18. The van der Waals surface area contributed by atoms with Crippen LogP contribution in [-0.2, 0) is 14.6 Å². The zero-order valence-electron chi connectivity index (χ0n) is 5.22. The van der Waals surface area contributed by atoms with Gasteiger partial charge in [0.15, 0.2) is 0 Å². The van der Waals surface area contributed by atoms with Crippen LogP contribution in [0.1, 0.15) is 6.92 Å². The predicted molar refractivity (Wildman–Crippen MR) is 32.2 cm³/mol. The van der Waals surface area contributed by atoms with Gasteiger partial charge in [-0.2, -0.15) is 0 Å². The van der Waals surface area contributed by atoms with Crippen molar-refractivity contribution in [3.63, 3.8) is 0 Å². The normalized spacial score (nSPS) is 7.67. The maximum Gasteiger partial charge on any atom is 0.381 e. The lowest BCUT2D eigenvalue weighted by molar-refractivity contribution is -0.233. The smallest absolute Gasteiger partial charge is 0.295 e. The van der Waals surface area contributed by atoms with E-state index < -0.39 is 5.97 Å². The van der Waals surface area contributed by atoms with Gasteiger partial charge in [0.1, 0.15) is 6.26 Å². The summed E-state index contributed by atoms with van der Waals surface area (Å²) in [7, 11) is 0. The second-order valence-corrected chi connectivity index (χ2v) is 1.41. The largest absolute Gasteiger partial charge is 0.381 e. The van der Waals surface area contributed by atoms with E-state index >= 15 is 0 Å². The average Bonchev–Trinajstić information content (AvgIpc) is 1.82. The maximum atomic E-state index is 10.4. The van der Waals surface area contributed by atoms with Crippen molar-refractivity contribution in [1.82, 2.24) is 0 Å². The highest BCUT2D eigenvalue weighted by Gasteiger charge is 2.01. The summed E-state index contributed by atoms with van der Waals surface area (Å²) in [5, 5.41) is 0. The monoisotopic (exact) mass is 128 g/mol. The first-order valence-corrected chi connectivity index (χ1v) is 2.32. The topological polar surface area (TPSA) is 35.5 Å². The highest BCUT2D eigenvalue weighted by molar-refractivity contribution is 5.86. The van der Waals surface area contributed by atoms with Crippen molar-refractivity contribution in [2.45, 2.75) is 6.92 Å². The molecule has 0 aliphatic heterocycles. The van der Waals surface area contributed by atoms with E-state index in [1.165, 1.54) is 6.92 Å². The van der Waals surface area contributed by atoms with E-state index in [0.29, 0.717) is 0 Å². The van der Waals surface area contributed by atoms with Crippen LogP contribution < -0.4 is 0 Å². The third-order valence-electron chi connectivity index (χ3n) is 0.540. The number of hydrogen-bond acceptors (Lipinski definition) is 3. The molecule has 0 aromatic rings. The summed E-state index contributed by atoms with van der Waals surface area (Å²) < 4.78 is 0. The van der Waals surface area contributed by atoms with Gasteiger partial charge in [-0.05, 0) is 6.92 Å². The SMILES string of the molecule is C=COOC(=O)C(=C)C. The molecule has 0 heterocycles. The van der Waals surface area contributed by atoms with Crippen LogP contribution in [0.5, 0.6) is 0 Å². The quantitative estimate of drug-likeness (QED) is 0.248. The van der Waals surface area contributed by atoms with Crippen LogP contribution in [0, 0.1) is 0 Å². The Kier molecular flexibility index (Phi) is 3.20. The summed E-state index contributed by atoms with van der Waals surface area (Å²) >= 11 is 0. The highest BCUT2D eigenvalue weighted by Crippen LogP contribution is 1.91. The van der Waals surface area contributed by atoms with E-state index in [2.05, 4.69) is 22.9 Å². The van der Waals surface area contributed by atoms with Gasteiger partial charge in [0.05, 0.1) is 0 Å². The van der Waals surface area contributed by atoms with Crippen LogP contribution in [0.15, 0.2) is 25.0 Å². The average molecular weight is 128 g/mol. The molecular weight excluding hydrogens is 120 g/mol. The molecule has 0 saturated heterocycles. The number of carbonyl (C=O) groups is 1. The van der Waals surface area contributed by atoms with E-state index in [0.717, 1.165) is 6.26 Å². The minimum atomic E-state index is -0.588. The van der Waals surface area contributed by atoms with Crippen molar-refractivity contribution in [2.75, 3.05) is 0 Å². The minimum absolute atomic E-state index is 0.289. The van der Waals surface area contributed by atoms with Gasteiger partial charge in [-0.25, -0.2) is 9.68 Å². The second-order valence-electron chi connectivity index (χ2n) is 1.41. The third kappa shape index (κ3) is 3.34. The molecule has 9 heavy (non-hydrogen) atoms. The Morgan fingerprint density at radius 2 is 2.22 bits per heavy atom. The lowest BCUT2D eigenvalue weighted by Crippen LogP contribution is -2.02. The molecule has 50 valence electrons. The van der Waals surface area contributed by atoms with Crippen LogP contribution in [0.25, 0.3) is 0 Å². The summed E-state index contributed by atoms with van der Waals surface area (Å²) in [6.45, 7) is 8.00. The highest BCUT2D eigenvalue weighted by atomic mass is 17.2. The van der Waals surface area contributed by atoms with E-state index in [-0.39, 0.29) is 5.57 Å². The molecule has 0 N–H and O–H groups in total. The summed E-state index contributed by atoms with van der Waals surface area (Å²) in [5.41, 5.74) is 0.289. The third-order valence-corrected chi connectivity index (χ3v) is 0.540. The summed E-state index contributed by atoms with van der Waals surface area (Å²) in [4.78, 5) is 18.6. The fraction of sp³-hybridized carbons (Fsp3) is 0.167. The number of rotatable bonds is 3. The molecule has 3 heteroatoms. The first-order valence-electron chi connectivity index (χ1n) is 2.32. The van der Waals surface area contributed by atoms with Gasteiger partial charge in [-0.1, -0.05) is 13.2 Å². The summed E-state index contributed by atoms with van der Waals surface area (Å²) in [6.07, 6.45) is 1.01. The molecule has 0 aliphatic rings. The molecule has 0 amide bonds. The number of carbonyl (C=O) groups excluding carboxylic acids is 1. The van der Waals surface area contributed by atoms with Crippen molar-refractivity contribution >= 4 is 5.97 Å². The van der Waals surface area contributed by atoms with Crippen LogP contribution >= 0.6 is 0 Å². The van der Waals surface area contributed by atoms with E-state index in [9.17, 15) is 4.79 Å². The lowest BCUT2D eigenvalue weighted by Gasteiger charge is -1.96. The second kappa shape index (κ2) is 3.72. The van der Waals surface area contributed by atoms with Crippen molar-refractivity contribution in [3.8, 4) is 0 Å². The van der Waals surface area contributed by atoms with Crippen molar-refractivity contribution in [3.05, 3.63) is 25.0 Å². The molecule has 3 nitrogen and oxygen atoms in total. The van der Waals surface area contributed by atoms with Crippen LogP contribution in [-0.4, -0.2) is 5.97 Å². The Balaban J connectivity index is 3.51. The molecule has 0 bridgehead atoms. The number of hydrogen-bond donors (Lipinski definition) is 0. The first-order chi connectivity index (χ1) is 4.18. The molecule has 0 aromatic carbocycles. The van der Waals surface area contributed by atoms with Crippen LogP contribution in [0.2, 0.25) is 0 Å². The molecule has 0 unspecified atom stereocenters. The molecule has 0 aromatic heterocycles. The molecule has 0 rings (SSSR count). The van der Waals surface area contributed by atoms with Gasteiger partial charge < -0.3 is 0 Å². The summed E-state index contributed by atoms with van der Waals surface area (Å²) in [5.74, 6) is -0.588. The molecular formula is C6H8O3. The Labute approximate surface area is 53.5 Å². The van der Waals surface area contributed by atoms with Crippen molar-refractivity contribution < 1.29 is 14.6 Å². The zero-order chi connectivity index (χ0) is 7.28. The first kappa shape index (κ1) is 7.75. The van der Waals surface area contributed by atoms with E-state index in [1.807, 2.05) is 0 Å². The Morgan fingerprint density at radius 3 is 2.56 bits per heavy atom. The maximum absolute atomic E-state index is 10.4. The van der Waals surface area contributed by atoms with Crippen molar-refractivity contribution in [2.24, 2.45) is 0 Å². The van der Waals surface area contributed by atoms with Gasteiger partial charge in [-0.15, -0.1) is 0 Å². The molecule has 0 aliphatic carbocycles. The molecule has 0 fully saturated rings. The van der Waals surface area contributed by atoms with Gasteiger partial charge in [-0.3, -0.25) is 4.89 Å². The summed E-state index contributed by atoms with van der Waals surface area (Å²) in [6, 6.07) is 0. The van der Waals surface area contributed by atoms with Gasteiger partial charge in [0, 0.05) is 5.57 Å². The van der Waals surface area contributed by atoms with Crippen LogP contribution in [0.3, 0.4) is 0 Å². The lowest BCUT2D eigenvalue weighted by atomic mass is 10.4. The van der Waals surface area contributed by atoms with Crippen molar-refractivity contribution in [1.29, 1.82) is 0 Å². The molecule has 0 saturated carbocycles.